The lowest BCUT2D eigenvalue weighted by atomic mass is 9.95. The molecule has 2 amide bonds. The summed E-state index contributed by atoms with van der Waals surface area (Å²) >= 11 is 0. The average Bonchev–Trinajstić information content (AvgIpc) is 2.86. The van der Waals surface area contributed by atoms with Crippen molar-refractivity contribution < 1.29 is 4.79 Å². The van der Waals surface area contributed by atoms with E-state index in [0.717, 1.165) is 32.2 Å². The van der Waals surface area contributed by atoms with Crippen LogP contribution in [0.25, 0.3) is 0 Å². The highest BCUT2D eigenvalue weighted by Gasteiger charge is 2.40. The molecule has 4 rings (SSSR count). The maximum absolute atomic E-state index is 12.3. The van der Waals surface area contributed by atoms with E-state index in [4.69, 9.17) is 0 Å². The highest BCUT2D eigenvalue weighted by molar-refractivity contribution is 5.74. The van der Waals surface area contributed by atoms with Gasteiger partial charge in [-0.1, -0.05) is 49.6 Å². The van der Waals surface area contributed by atoms with E-state index in [2.05, 4.69) is 45.9 Å². The topological polar surface area (TPSA) is 44.4 Å². The van der Waals surface area contributed by atoms with Gasteiger partial charge in [-0.3, -0.25) is 4.90 Å². The third kappa shape index (κ3) is 4.17. The lowest BCUT2D eigenvalue weighted by molar-refractivity contribution is 0.111. The number of hydrogen-bond donors (Lipinski definition) is 2. The van der Waals surface area contributed by atoms with Crippen LogP contribution in [0.5, 0.6) is 0 Å². The first kappa shape index (κ1) is 16.9. The summed E-state index contributed by atoms with van der Waals surface area (Å²) in [5.41, 5.74) is 1.40. The van der Waals surface area contributed by atoms with Crippen molar-refractivity contribution in [3.8, 4) is 0 Å². The number of fused-ring (bicyclic) bond motifs is 2. The molecule has 2 unspecified atom stereocenters. The minimum atomic E-state index is 0.0628. The number of urea groups is 1. The molecule has 1 aromatic rings. The molecule has 1 saturated carbocycles. The van der Waals surface area contributed by atoms with E-state index in [1.54, 1.807) is 0 Å². The number of carbonyl (C=O) groups excluding carboxylic acids is 1. The van der Waals surface area contributed by atoms with Crippen LogP contribution in [-0.2, 0) is 6.54 Å². The van der Waals surface area contributed by atoms with Gasteiger partial charge in [0.05, 0.1) is 0 Å². The minimum absolute atomic E-state index is 0.0628. The Bertz CT molecular complexity index is 556. The average molecular weight is 341 g/mol. The van der Waals surface area contributed by atoms with Crippen molar-refractivity contribution in [2.75, 3.05) is 0 Å². The fraction of sp³-hybridized carbons (Fsp3) is 0.667. The number of hydrogen-bond acceptors (Lipinski definition) is 2. The number of carbonyl (C=O) groups is 1. The summed E-state index contributed by atoms with van der Waals surface area (Å²) in [6.07, 6.45) is 10.9. The Hall–Kier alpha value is -1.55. The predicted octanol–water partition coefficient (Wildman–Crippen LogP) is 3.81. The molecule has 3 aliphatic rings. The fourth-order valence-electron chi connectivity index (χ4n) is 5.10. The largest absolute Gasteiger partial charge is 0.335 e. The maximum Gasteiger partial charge on any atom is 0.315 e. The second kappa shape index (κ2) is 7.77. The van der Waals surface area contributed by atoms with Gasteiger partial charge >= 0.3 is 6.03 Å². The summed E-state index contributed by atoms with van der Waals surface area (Å²) < 4.78 is 0. The molecule has 1 aromatic carbocycles. The van der Waals surface area contributed by atoms with Gasteiger partial charge in [-0.2, -0.15) is 0 Å². The normalized spacial score (nSPS) is 30.2. The lowest BCUT2D eigenvalue weighted by Crippen LogP contribution is -2.53. The monoisotopic (exact) mass is 341 g/mol. The molecule has 3 fully saturated rings. The van der Waals surface area contributed by atoms with E-state index in [9.17, 15) is 4.79 Å². The Morgan fingerprint density at radius 3 is 2.20 bits per heavy atom. The van der Waals surface area contributed by atoms with Gasteiger partial charge in [-0.05, 0) is 44.1 Å². The third-order valence-corrected chi connectivity index (χ3v) is 6.37. The number of rotatable bonds is 4. The first-order valence-electron chi connectivity index (χ1n) is 10.1. The Morgan fingerprint density at radius 1 is 0.880 bits per heavy atom. The van der Waals surface area contributed by atoms with Crippen LogP contribution in [0.3, 0.4) is 0 Å². The van der Waals surface area contributed by atoms with E-state index in [1.807, 2.05) is 0 Å². The number of piperidine rings is 1. The van der Waals surface area contributed by atoms with Gasteiger partial charge in [0.25, 0.3) is 0 Å². The Morgan fingerprint density at radius 2 is 1.52 bits per heavy atom. The van der Waals surface area contributed by atoms with Crippen LogP contribution in [0.15, 0.2) is 30.3 Å². The molecule has 4 nitrogen and oxygen atoms in total. The molecule has 2 aliphatic heterocycles. The number of benzene rings is 1. The predicted molar refractivity (Wildman–Crippen MR) is 100 cm³/mol. The van der Waals surface area contributed by atoms with Crippen molar-refractivity contribution in [2.45, 2.75) is 88.5 Å². The summed E-state index contributed by atoms with van der Waals surface area (Å²) in [7, 11) is 0. The van der Waals surface area contributed by atoms with Crippen molar-refractivity contribution in [3.05, 3.63) is 35.9 Å². The van der Waals surface area contributed by atoms with Gasteiger partial charge < -0.3 is 10.6 Å². The van der Waals surface area contributed by atoms with Gasteiger partial charge in [0, 0.05) is 30.7 Å². The van der Waals surface area contributed by atoms with Crippen LogP contribution in [0, 0.1) is 0 Å². The van der Waals surface area contributed by atoms with Crippen molar-refractivity contribution in [2.24, 2.45) is 0 Å². The van der Waals surface area contributed by atoms with Crippen molar-refractivity contribution in [1.29, 1.82) is 0 Å². The van der Waals surface area contributed by atoms with E-state index in [0.29, 0.717) is 24.2 Å². The van der Waals surface area contributed by atoms with E-state index < -0.39 is 0 Å². The van der Waals surface area contributed by atoms with Crippen molar-refractivity contribution >= 4 is 6.03 Å². The maximum atomic E-state index is 12.3. The molecule has 136 valence electrons. The molecular formula is C21H31N3O. The quantitative estimate of drug-likeness (QED) is 0.874. The SMILES string of the molecule is O=C(NC1CCCCC1)NC1CC2CCC(C1)N2Cc1ccccc1. The van der Waals surface area contributed by atoms with Gasteiger partial charge in [0.1, 0.15) is 0 Å². The zero-order valence-electron chi connectivity index (χ0n) is 15.1. The molecule has 1 aliphatic carbocycles. The van der Waals surface area contributed by atoms with Crippen molar-refractivity contribution in [3.63, 3.8) is 0 Å². The van der Waals surface area contributed by atoms with E-state index in [-0.39, 0.29) is 6.03 Å². The highest BCUT2D eigenvalue weighted by atomic mass is 16.2. The first-order chi connectivity index (χ1) is 12.3. The smallest absolute Gasteiger partial charge is 0.315 e. The lowest BCUT2D eigenvalue weighted by Gasteiger charge is -2.39. The zero-order chi connectivity index (χ0) is 17.1. The number of amides is 2. The molecule has 2 heterocycles. The Balaban J connectivity index is 1.28. The Kier molecular flexibility index (Phi) is 5.25. The standard InChI is InChI=1S/C21H31N3O/c25-21(22-17-9-5-2-6-10-17)23-18-13-19-11-12-20(14-18)24(19)15-16-7-3-1-4-8-16/h1,3-4,7-8,17-20H,2,5-6,9-15H2,(H2,22,23,25). The van der Waals surface area contributed by atoms with Crippen LogP contribution in [0.4, 0.5) is 4.79 Å². The molecule has 2 saturated heterocycles. The van der Waals surface area contributed by atoms with Crippen LogP contribution in [0.2, 0.25) is 0 Å². The van der Waals surface area contributed by atoms with Crippen molar-refractivity contribution in [1.82, 2.24) is 15.5 Å². The molecule has 2 atom stereocenters. The molecule has 0 aromatic heterocycles. The fourth-order valence-corrected chi connectivity index (χ4v) is 5.10. The van der Waals surface area contributed by atoms with Crippen LogP contribution in [-0.4, -0.2) is 35.1 Å². The van der Waals surface area contributed by atoms with Gasteiger partial charge in [-0.15, -0.1) is 0 Å². The van der Waals surface area contributed by atoms with Crippen LogP contribution in [0.1, 0.15) is 63.4 Å². The van der Waals surface area contributed by atoms with Gasteiger partial charge in [0.15, 0.2) is 0 Å². The summed E-state index contributed by atoms with van der Waals surface area (Å²) in [5.74, 6) is 0. The second-order valence-corrected chi connectivity index (χ2v) is 8.16. The van der Waals surface area contributed by atoms with Gasteiger partial charge in [-0.25, -0.2) is 4.79 Å². The van der Waals surface area contributed by atoms with Gasteiger partial charge in [0.2, 0.25) is 0 Å². The number of nitrogens with zero attached hydrogens (tertiary/aromatic N) is 1. The highest BCUT2D eigenvalue weighted by Crippen LogP contribution is 2.36. The zero-order valence-corrected chi connectivity index (χ0v) is 15.1. The molecule has 2 bridgehead atoms. The first-order valence-corrected chi connectivity index (χ1v) is 10.1. The third-order valence-electron chi connectivity index (χ3n) is 6.37. The molecule has 25 heavy (non-hydrogen) atoms. The summed E-state index contributed by atoms with van der Waals surface area (Å²) in [4.78, 5) is 15.0. The van der Waals surface area contributed by atoms with Crippen LogP contribution >= 0.6 is 0 Å². The molecule has 0 spiro atoms. The second-order valence-electron chi connectivity index (χ2n) is 8.16. The van der Waals surface area contributed by atoms with Crippen LogP contribution < -0.4 is 10.6 Å². The molecule has 2 N–H and O–H groups in total. The summed E-state index contributed by atoms with van der Waals surface area (Å²) in [5, 5.41) is 6.48. The number of nitrogens with one attached hydrogen (secondary N) is 2. The minimum Gasteiger partial charge on any atom is -0.335 e. The van der Waals surface area contributed by atoms with E-state index >= 15 is 0 Å². The summed E-state index contributed by atoms with van der Waals surface area (Å²) in [6, 6.07) is 12.8. The molecular weight excluding hydrogens is 310 g/mol. The van der Waals surface area contributed by atoms with E-state index in [1.165, 1.54) is 37.7 Å². The molecule has 0 radical (unpaired) electrons. The summed E-state index contributed by atoms with van der Waals surface area (Å²) in [6.45, 7) is 1.05. The molecule has 4 heteroatoms. The Labute approximate surface area is 151 Å².